The van der Waals surface area contributed by atoms with Crippen molar-refractivity contribution in [3.8, 4) is 0 Å². The Morgan fingerprint density at radius 3 is 2.84 bits per heavy atom. The highest BCUT2D eigenvalue weighted by Gasteiger charge is 2.27. The van der Waals surface area contributed by atoms with Gasteiger partial charge < -0.3 is 15.7 Å². The summed E-state index contributed by atoms with van der Waals surface area (Å²) in [6.07, 6.45) is 0.790. The number of nitrogens with zero attached hydrogens (tertiary/aromatic N) is 1. The topological polar surface area (TPSA) is 83.6 Å². The lowest BCUT2D eigenvalue weighted by atomic mass is 10.1. The van der Waals surface area contributed by atoms with Crippen LogP contribution in [-0.4, -0.2) is 30.1 Å². The maximum absolute atomic E-state index is 13.6. The van der Waals surface area contributed by atoms with E-state index >= 15 is 0 Å². The van der Waals surface area contributed by atoms with Crippen molar-refractivity contribution in [2.24, 2.45) is 11.7 Å². The van der Waals surface area contributed by atoms with Crippen LogP contribution in [0.2, 0.25) is 0 Å². The van der Waals surface area contributed by atoms with E-state index in [4.69, 9.17) is 10.8 Å². The first-order valence-corrected chi connectivity index (χ1v) is 6.04. The molecule has 1 aliphatic heterocycles. The molecule has 0 aromatic heterocycles. The van der Waals surface area contributed by atoms with E-state index in [0.29, 0.717) is 25.2 Å². The van der Waals surface area contributed by atoms with Gasteiger partial charge in [-0.2, -0.15) is 0 Å². The number of rotatable bonds is 4. The van der Waals surface area contributed by atoms with Crippen molar-refractivity contribution in [2.75, 3.05) is 18.0 Å². The molecule has 1 amide bonds. The third-order valence-electron chi connectivity index (χ3n) is 3.33. The molecule has 1 fully saturated rings. The first-order chi connectivity index (χ1) is 8.99. The van der Waals surface area contributed by atoms with Crippen LogP contribution in [0.15, 0.2) is 18.2 Å². The molecule has 102 valence electrons. The Hall–Kier alpha value is -2.11. The molecule has 19 heavy (non-hydrogen) atoms. The first-order valence-electron chi connectivity index (χ1n) is 6.04. The van der Waals surface area contributed by atoms with Crippen LogP contribution in [0.3, 0.4) is 0 Å². The zero-order valence-corrected chi connectivity index (χ0v) is 10.3. The molecule has 0 spiro atoms. The van der Waals surface area contributed by atoms with Gasteiger partial charge in [-0.25, -0.2) is 4.39 Å². The fourth-order valence-electron chi connectivity index (χ4n) is 2.49. The Kier molecular flexibility index (Phi) is 3.69. The molecule has 1 aliphatic rings. The van der Waals surface area contributed by atoms with Crippen molar-refractivity contribution < 1.29 is 19.1 Å². The maximum atomic E-state index is 13.6. The van der Waals surface area contributed by atoms with Crippen LogP contribution in [0.5, 0.6) is 0 Å². The number of anilines is 1. The Morgan fingerprint density at radius 2 is 2.21 bits per heavy atom. The smallest absolute Gasteiger partial charge is 0.303 e. The quantitative estimate of drug-likeness (QED) is 0.858. The number of carboxylic acid groups (broad SMARTS) is 1. The molecule has 0 radical (unpaired) electrons. The highest BCUT2D eigenvalue weighted by molar-refractivity contribution is 5.99. The molecule has 1 heterocycles. The molecule has 0 saturated carbocycles. The number of hydrogen-bond donors (Lipinski definition) is 2. The maximum Gasteiger partial charge on any atom is 0.303 e. The van der Waals surface area contributed by atoms with Crippen LogP contribution in [0.1, 0.15) is 23.2 Å². The summed E-state index contributed by atoms with van der Waals surface area (Å²) in [4.78, 5) is 23.8. The van der Waals surface area contributed by atoms with E-state index in [1.807, 2.05) is 4.90 Å². The number of amides is 1. The SMILES string of the molecule is NC(=O)c1c(F)cccc1N1CCC(CC(=O)O)C1. The summed E-state index contributed by atoms with van der Waals surface area (Å²) in [5.41, 5.74) is 5.52. The van der Waals surface area contributed by atoms with Crippen LogP contribution >= 0.6 is 0 Å². The zero-order chi connectivity index (χ0) is 14.0. The molecule has 3 N–H and O–H groups in total. The molecule has 5 nitrogen and oxygen atoms in total. The Bertz CT molecular complexity index is 519. The number of benzene rings is 1. The summed E-state index contributed by atoms with van der Waals surface area (Å²) in [6.45, 7) is 1.09. The van der Waals surface area contributed by atoms with Gasteiger partial charge in [0.25, 0.3) is 5.91 Å². The average Bonchev–Trinajstić information content (AvgIpc) is 2.75. The molecule has 6 heteroatoms. The number of aliphatic carboxylic acids is 1. The van der Waals surface area contributed by atoms with Crippen molar-refractivity contribution in [1.29, 1.82) is 0 Å². The lowest BCUT2D eigenvalue weighted by Crippen LogP contribution is -2.25. The number of nitrogens with two attached hydrogens (primary N) is 1. The van der Waals surface area contributed by atoms with Crippen molar-refractivity contribution in [3.63, 3.8) is 0 Å². The van der Waals surface area contributed by atoms with Crippen LogP contribution < -0.4 is 10.6 Å². The van der Waals surface area contributed by atoms with Crippen molar-refractivity contribution in [2.45, 2.75) is 12.8 Å². The fraction of sp³-hybridized carbons (Fsp3) is 0.385. The van der Waals surface area contributed by atoms with E-state index in [0.717, 1.165) is 0 Å². The van der Waals surface area contributed by atoms with Gasteiger partial charge in [-0.3, -0.25) is 9.59 Å². The summed E-state index contributed by atoms with van der Waals surface area (Å²) in [5, 5.41) is 8.77. The van der Waals surface area contributed by atoms with Crippen molar-refractivity contribution in [1.82, 2.24) is 0 Å². The van der Waals surface area contributed by atoms with Crippen LogP contribution in [0, 0.1) is 11.7 Å². The second-order valence-electron chi connectivity index (χ2n) is 4.70. The van der Waals surface area contributed by atoms with E-state index in [9.17, 15) is 14.0 Å². The number of hydrogen-bond acceptors (Lipinski definition) is 3. The minimum absolute atomic E-state index is 0.0153. The van der Waals surface area contributed by atoms with E-state index < -0.39 is 17.7 Å². The lowest BCUT2D eigenvalue weighted by molar-refractivity contribution is -0.137. The normalized spacial score (nSPS) is 18.6. The monoisotopic (exact) mass is 266 g/mol. The van der Waals surface area contributed by atoms with Gasteiger partial charge in [0.15, 0.2) is 0 Å². The predicted octanol–water partition coefficient (Wildman–Crippen LogP) is 1.23. The highest BCUT2D eigenvalue weighted by Crippen LogP contribution is 2.29. The summed E-state index contributed by atoms with van der Waals surface area (Å²) in [5.74, 6) is -2.29. The molecule has 1 aromatic carbocycles. The third kappa shape index (κ3) is 2.83. The standard InChI is InChI=1S/C13H15FN2O3/c14-9-2-1-3-10(12(9)13(15)19)16-5-4-8(7-16)6-11(17)18/h1-3,8H,4-7H2,(H2,15,19)(H,17,18). The minimum Gasteiger partial charge on any atom is -0.481 e. The highest BCUT2D eigenvalue weighted by atomic mass is 19.1. The Labute approximate surface area is 109 Å². The van der Waals surface area contributed by atoms with Gasteiger partial charge in [0.05, 0.1) is 11.3 Å². The molecule has 1 atom stereocenters. The number of carbonyl (C=O) groups is 2. The van der Waals surface area contributed by atoms with Crippen LogP contribution in [0.4, 0.5) is 10.1 Å². The second kappa shape index (κ2) is 5.26. The molecule has 0 bridgehead atoms. The van der Waals surface area contributed by atoms with Crippen LogP contribution in [0.25, 0.3) is 0 Å². The number of halogens is 1. The Morgan fingerprint density at radius 1 is 1.47 bits per heavy atom. The molecule has 2 rings (SSSR count). The summed E-state index contributed by atoms with van der Waals surface area (Å²) in [7, 11) is 0. The molecule has 1 unspecified atom stereocenters. The first kappa shape index (κ1) is 13.3. The average molecular weight is 266 g/mol. The van der Waals surface area contributed by atoms with E-state index in [1.165, 1.54) is 12.1 Å². The van der Waals surface area contributed by atoms with Crippen LogP contribution in [-0.2, 0) is 4.79 Å². The van der Waals surface area contributed by atoms with Gasteiger partial charge in [-0.1, -0.05) is 6.07 Å². The Balaban J connectivity index is 2.22. The molecular formula is C13H15FN2O3. The van der Waals surface area contributed by atoms with E-state index in [1.54, 1.807) is 6.07 Å². The van der Waals surface area contributed by atoms with Gasteiger partial charge in [-0.15, -0.1) is 0 Å². The number of carboxylic acids is 1. The van der Waals surface area contributed by atoms with Gasteiger partial charge in [-0.05, 0) is 24.5 Å². The molecule has 1 aromatic rings. The van der Waals surface area contributed by atoms with E-state index in [2.05, 4.69) is 0 Å². The largest absolute Gasteiger partial charge is 0.481 e. The number of carbonyl (C=O) groups excluding carboxylic acids is 1. The van der Waals surface area contributed by atoms with Gasteiger partial charge in [0.1, 0.15) is 5.82 Å². The predicted molar refractivity (Wildman–Crippen MR) is 67.5 cm³/mol. The van der Waals surface area contributed by atoms with Crippen molar-refractivity contribution in [3.05, 3.63) is 29.6 Å². The molecule has 0 aliphatic carbocycles. The third-order valence-corrected chi connectivity index (χ3v) is 3.33. The molecular weight excluding hydrogens is 251 g/mol. The van der Waals surface area contributed by atoms with E-state index in [-0.39, 0.29) is 17.9 Å². The second-order valence-corrected chi connectivity index (χ2v) is 4.70. The zero-order valence-electron chi connectivity index (χ0n) is 10.3. The number of primary amides is 1. The fourth-order valence-corrected chi connectivity index (χ4v) is 2.49. The lowest BCUT2D eigenvalue weighted by Gasteiger charge is -2.21. The van der Waals surface area contributed by atoms with Gasteiger partial charge in [0.2, 0.25) is 0 Å². The molecule has 1 saturated heterocycles. The van der Waals surface area contributed by atoms with Gasteiger partial charge in [0, 0.05) is 19.5 Å². The summed E-state index contributed by atoms with van der Waals surface area (Å²) < 4.78 is 13.6. The minimum atomic E-state index is -0.846. The van der Waals surface area contributed by atoms with Gasteiger partial charge >= 0.3 is 5.97 Å². The van der Waals surface area contributed by atoms with Crippen molar-refractivity contribution >= 4 is 17.6 Å². The summed E-state index contributed by atoms with van der Waals surface area (Å²) in [6, 6.07) is 4.34. The summed E-state index contributed by atoms with van der Waals surface area (Å²) >= 11 is 0.